The van der Waals surface area contributed by atoms with Gasteiger partial charge in [-0.15, -0.1) is 12.4 Å². The normalized spacial score (nSPS) is 12.0. The number of carbonyl (C=O) groups is 1. The predicted octanol–water partition coefficient (Wildman–Crippen LogP) is 2.50. The number of carboxylic acids is 1. The van der Waals surface area contributed by atoms with Crippen LogP contribution in [0, 0.1) is 5.92 Å². The number of aromatic carboxylic acids is 1. The number of carboxylic acid groups (broad SMARTS) is 1. The first-order valence-electron chi connectivity index (χ1n) is 5.09. The molecule has 0 aliphatic rings. The van der Waals surface area contributed by atoms with E-state index in [4.69, 9.17) is 10.8 Å². The lowest BCUT2D eigenvalue weighted by molar-refractivity contribution is 0.0696. The van der Waals surface area contributed by atoms with Crippen LogP contribution in [0.1, 0.15) is 35.7 Å². The van der Waals surface area contributed by atoms with Crippen LogP contribution in [-0.2, 0) is 0 Å². The van der Waals surface area contributed by atoms with Crippen molar-refractivity contribution in [3.05, 3.63) is 35.4 Å². The van der Waals surface area contributed by atoms with Crippen LogP contribution in [0.5, 0.6) is 0 Å². The molecule has 90 valence electrons. The molecule has 0 aliphatic heterocycles. The van der Waals surface area contributed by atoms with Crippen molar-refractivity contribution in [3.8, 4) is 0 Å². The van der Waals surface area contributed by atoms with Crippen LogP contribution in [0.3, 0.4) is 0 Å². The summed E-state index contributed by atoms with van der Waals surface area (Å²) >= 11 is 0. The molecule has 0 aliphatic carbocycles. The molecule has 0 bridgehead atoms. The number of nitrogens with two attached hydrogens (primary N) is 1. The summed E-state index contributed by atoms with van der Waals surface area (Å²) < 4.78 is 0. The molecule has 1 unspecified atom stereocenters. The first-order valence-corrected chi connectivity index (χ1v) is 5.09. The fourth-order valence-electron chi connectivity index (χ4n) is 1.70. The second kappa shape index (κ2) is 6.51. The van der Waals surface area contributed by atoms with E-state index in [0.717, 1.165) is 5.56 Å². The van der Waals surface area contributed by atoms with Crippen molar-refractivity contribution < 1.29 is 9.90 Å². The van der Waals surface area contributed by atoms with Crippen molar-refractivity contribution in [1.29, 1.82) is 0 Å². The molecule has 3 nitrogen and oxygen atoms in total. The highest BCUT2D eigenvalue weighted by Gasteiger charge is 2.15. The molecule has 0 saturated carbocycles. The molecule has 1 atom stereocenters. The Kier molecular flexibility index (Phi) is 6.08. The van der Waals surface area contributed by atoms with Gasteiger partial charge in [-0.3, -0.25) is 0 Å². The van der Waals surface area contributed by atoms with Gasteiger partial charge in [0.15, 0.2) is 0 Å². The fourth-order valence-corrected chi connectivity index (χ4v) is 1.70. The summed E-state index contributed by atoms with van der Waals surface area (Å²) in [5.74, 6) is -0.250. The highest BCUT2D eigenvalue weighted by Crippen LogP contribution is 2.23. The van der Waals surface area contributed by atoms with Crippen LogP contribution in [0.15, 0.2) is 24.3 Å². The maximum Gasteiger partial charge on any atom is 0.335 e. The lowest BCUT2D eigenvalue weighted by atomic mass is 9.88. The number of hydrogen-bond acceptors (Lipinski definition) is 2. The minimum atomic E-state index is -0.892. The lowest BCUT2D eigenvalue weighted by Gasteiger charge is -2.19. The molecule has 0 saturated heterocycles. The number of halogens is 1. The highest BCUT2D eigenvalue weighted by atomic mass is 35.5. The average molecular weight is 244 g/mol. The van der Waals surface area contributed by atoms with Gasteiger partial charge in [0.25, 0.3) is 0 Å². The first-order chi connectivity index (χ1) is 7.06. The molecular weight excluding hydrogens is 226 g/mol. The smallest absolute Gasteiger partial charge is 0.335 e. The van der Waals surface area contributed by atoms with E-state index in [0.29, 0.717) is 18.0 Å². The van der Waals surface area contributed by atoms with Crippen molar-refractivity contribution in [3.63, 3.8) is 0 Å². The van der Waals surface area contributed by atoms with E-state index < -0.39 is 5.97 Å². The Labute approximate surface area is 102 Å². The summed E-state index contributed by atoms with van der Waals surface area (Å²) in [5, 5.41) is 8.87. The van der Waals surface area contributed by atoms with E-state index in [2.05, 4.69) is 13.8 Å². The van der Waals surface area contributed by atoms with Gasteiger partial charge in [-0.05, 0) is 36.1 Å². The molecular formula is C12H18ClNO2. The van der Waals surface area contributed by atoms with Crippen molar-refractivity contribution in [1.82, 2.24) is 0 Å². The Bertz CT molecular complexity index is 353. The molecule has 0 amide bonds. The standard InChI is InChI=1S/C12H17NO2.ClH/c1-8(2)11(7-13)9-4-3-5-10(6-9)12(14)15;/h3-6,8,11H,7,13H2,1-2H3,(H,14,15);1H. The molecule has 1 rings (SSSR count). The molecule has 0 heterocycles. The molecule has 0 fully saturated rings. The number of hydrogen-bond donors (Lipinski definition) is 2. The molecule has 1 aromatic carbocycles. The Balaban J connectivity index is 0.00000225. The SMILES string of the molecule is CC(C)C(CN)c1cccc(C(=O)O)c1.Cl. The second-order valence-electron chi connectivity index (χ2n) is 4.02. The zero-order chi connectivity index (χ0) is 11.4. The Morgan fingerprint density at radius 3 is 2.50 bits per heavy atom. The van der Waals surface area contributed by atoms with E-state index in [1.807, 2.05) is 6.07 Å². The van der Waals surface area contributed by atoms with Crippen LogP contribution >= 0.6 is 12.4 Å². The molecule has 0 radical (unpaired) electrons. The minimum absolute atomic E-state index is 0. The Morgan fingerprint density at radius 2 is 2.06 bits per heavy atom. The zero-order valence-electron chi connectivity index (χ0n) is 9.51. The second-order valence-corrected chi connectivity index (χ2v) is 4.02. The summed E-state index contributed by atoms with van der Waals surface area (Å²) in [7, 11) is 0. The van der Waals surface area contributed by atoms with Gasteiger partial charge in [-0.2, -0.15) is 0 Å². The minimum Gasteiger partial charge on any atom is -0.478 e. The Hall–Kier alpha value is -1.06. The summed E-state index contributed by atoms with van der Waals surface area (Å²) in [4.78, 5) is 10.8. The van der Waals surface area contributed by atoms with E-state index in [-0.39, 0.29) is 18.3 Å². The molecule has 4 heteroatoms. The zero-order valence-corrected chi connectivity index (χ0v) is 10.3. The van der Waals surface area contributed by atoms with Crippen molar-refractivity contribution in [2.75, 3.05) is 6.54 Å². The largest absolute Gasteiger partial charge is 0.478 e. The number of benzene rings is 1. The van der Waals surface area contributed by atoms with Gasteiger partial charge in [0.1, 0.15) is 0 Å². The van der Waals surface area contributed by atoms with Crippen molar-refractivity contribution >= 4 is 18.4 Å². The van der Waals surface area contributed by atoms with Crippen LogP contribution in [0.25, 0.3) is 0 Å². The predicted molar refractivity (Wildman–Crippen MR) is 67.3 cm³/mol. The summed E-state index contributed by atoms with van der Waals surface area (Å²) in [6.45, 7) is 4.72. The third kappa shape index (κ3) is 3.51. The van der Waals surface area contributed by atoms with Crippen LogP contribution in [0.4, 0.5) is 0 Å². The van der Waals surface area contributed by atoms with Gasteiger partial charge in [-0.25, -0.2) is 4.79 Å². The van der Waals surface area contributed by atoms with Gasteiger partial charge < -0.3 is 10.8 Å². The lowest BCUT2D eigenvalue weighted by Crippen LogP contribution is -2.18. The van der Waals surface area contributed by atoms with Crippen LogP contribution in [0.2, 0.25) is 0 Å². The van der Waals surface area contributed by atoms with Gasteiger partial charge in [-0.1, -0.05) is 26.0 Å². The summed E-state index contributed by atoms with van der Waals surface area (Å²) in [6, 6.07) is 7.01. The van der Waals surface area contributed by atoms with Crippen molar-refractivity contribution in [2.45, 2.75) is 19.8 Å². The Morgan fingerprint density at radius 1 is 1.44 bits per heavy atom. The van der Waals surface area contributed by atoms with Gasteiger partial charge in [0.2, 0.25) is 0 Å². The van der Waals surface area contributed by atoms with E-state index in [9.17, 15) is 4.79 Å². The maximum absolute atomic E-state index is 10.8. The van der Waals surface area contributed by atoms with Crippen LogP contribution < -0.4 is 5.73 Å². The quantitative estimate of drug-likeness (QED) is 0.854. The molecule has 0 spiro atoms. The van der Waals surface area contributed by atoms with E-state index in [1.165, 1.54) is 0 Å². The third-order valence-corrected chi connectivity index (χ3v) is 2.62. The monoisotopic (exact) mass is 243 g/mol. The van der Waals surface area contributed by atoms with Gasteiger partial charge in [0.05, 0.1) is 5.56 Å². The average Bonchev–Trinajstić information content (AvgIpc) is 2.18. The molecule has 16 heavy (non-hydrogen) atoms. The first kappa shape index (κ1) is 14.9. The van der Waals surface area contributed by atoms with Gasteiger partial charge in [0, 0.05) is 0 Å². The number of rotatable bonds is 4. The van der Waals surface area contributed by atoms with E-state index in [1.54, 1.807) is 18.2 Å². The van der Waals surface area contributed by atoms with Crippen molar-refractivity contribution in [2.24, 2.45) is 11.7 Å². The fraction of sp³-hybridized carbons (Fsp3) is 0.417. The van der Waals surface area contributed by atoms with Crippen LogP contribution in [-0.4, -0.2) is 17.6 Å². The molecule has 3 N–H and O–H groups in total. The summed E-state index contributed by atoms with van der Waals surface area (Å²) in [6.07, 6.45) is 0. The molecule has 0 aromatic heterocycles. The molecule has 1 aromatic rings. The van der Waals surface area contributed by atoms with Gasteiger partial charge >= 0.3 is 5.97 Å². The maximum atomic E-state index is 10.8. The van der Waals surface area contributed by atoms with E-state index >= 15 is 0 Å². The third-order valence-electron chi connectivity index (χ3n) is 2.62. The topological polar surface area (TPSA) is 63.3 Å². The highest BCUT2D eigenvalue weighted by molar-refractivity contribution is 5.87. The summed E-state index contributed by atoms with van der Waals surface area (Å²) in [5.41, 5.74) is 7.02.